The molecular formula is C15H29N3. The van der Waals surface area contributed by atoms with Crippen molar-refractivity contribution in [2.24, 2.45) is 5.92 Å². The zero-order chi connectivity index (χ0) is 13.2. The largest absolute Gasteiger partial charge is 0.303 e. The molecule has 3 nitrogen and oxygen atoms in total. The van der Waals surface area contributed by atoms with Gasteiger partial charge < -0.3 is 10.2 Å². The summed E-state index contributed by atoms with van der Waals surface area (Å²) in [6, 6.07) is 2.49. The second kappa shape index (κ2) is 9.35. The van der Waals surface area contributed by atoms with Crippen LogP contribution in [-0.4, -0.2) is 37.1 Å². The van der Waals surface area contributed by atoms with E-state index >= 15 is 0 Å². The van der Waals surface area contributed by atoms with Crippen molar-refractivity contribution < 1.29 is 0 Å². The summed E-state index contributed by atoms with van der Waals surface area (Å²) in [5, 5.41) is 12.6. The molecule has 0 aromatic rings. The fourth-order valence-electron chi connectivity index (χ4n) is 2.87. The van der Waals surface area contributed by atoms with Crippen LogP contribution in [0.4, 0.5) is 0 Å². The van der Waals surface area contributed by atoms with Gasteiger partial charge in [-0.3, -0.25) is 0 Å². The van der Waals surface area contributed by atoms with Gasteiger partial charge in [0.05, 0.1) is 12.1 Å². The lowest BCUT2D eigenvalue weighted by Crippen LogP contribution is -2.37. The van der Waals surface area contributed by atoms with Gasteiger partial charge in [0.25, 0.3) is 0 Å². The summed E-state index contributed by atoms with van der Waals surface area (Å²) in [4.78, 5) is 2.39. The SMILES string of the molecule is CCN(CC)CCNC(C#N)CC1CCCCC1. The van der Waals surface area contributed by atoms with Crippen LogP contribution in [-0.2, 0) is 0 Å². The lowest BCUT2D eigenvalue weighted by molar-refractivity contribution is 0.285. The van der Waals surface area contributed by atoms with Gasteiger partial charge in [0.1, 0.15) is 0 Å². The number of likely N-dealkylation sites (N-methyl/N-ethyl adjacent to an activating group) is 1. The molecule has 1 atom stereocenters. The third kappa shape index (κ3) is 5.84. The number of rotatable bonds is 8. The summed E-state index contributed by atoms with van der Waals surface area (Å²) in [5.41, 5.74) is 0. The Kier molecular flexibility index (Phi) is 8.04. The Bertz CT molecular complexity index is 237. The van der Waals surface area contributed by atoms with Crippen LogP contribution >= 0.6 is 0 Å². The molecule has 1 N–H and O–H groups in total. The van der Waals surface area contributed by atoms with Crippen LogP contribution in [0, 0.1) is 17.2 Å². The molecule has 0 bridgehead atoms. The number of nitrogens with zero attached hydrogens (tertiary/aromatic N) is 2. The van der Waals surface area contributed by atoms with Crippen molar-refractivity contribution >= 4 is 0 Å². The number of hydrogen-bond acceptors (Lipinski definition) is 3. The Hall–Kier alpha value is -0.590. The van der Waals surface area contributed by atoms with Crippen molar-refractivity contribution in [3.05, 3.63) is 0 Å². The van der Waals surface area contributed by atoms with E-state index in [4.69, 9.17) is 0 Å². The fraction of sp³-hybridized carbons (Fsp3) is 0.933. The molecule has 1 unspecified atom stereocenters. The van der Waals surface area contributed by atoms with Gasteiger partial charge in [0.2, 0.25) is 0 Å². The highest BCUT2D eigenvalue weighted by Crippen LogP contribution is 2.27. The van der Waals surface area contributed by atoms with Gasteiger partial charge in [0.15, 0.2) is 0 Å². The second-order valence-corrected chi connectivity index (χ2v) is 5.40. The van der Waals surface area contributed by atoms with Crippen molar-refractivity contribution in [1.29, 1.82) is 5.26 Å². The molecule has 0 radical (unpaired) electrons. The van der Waals surface area contributed by atoms with E-state index in [0.29, 0.717) is 0 Å². The molecule has 18 heavy (non-hydrogen) atoms. The van der Waals surface area contributed by atoms with Crippen LogP contribution in [0.1, 0.15) is 52.4 Å². The van der Waals surface area contributed by atoms with Crippen molar-refractivity contribution in [1.82, 2.24) is 10.2 Å². The molecule has 1 saturated carbocycles. The van der Waals surface area contributed by atoms with Crippen LogP contribution in [0.15, 0.2) is 0 Å². The van der Waals surface area contributed by atoms with Crippen LogP contribution < -0.4 is 5.32 Å². The number of hydrogen-bond donors (Lipinski definition) is 1. The first kappa shape index (κ1) is 15.5. The Labute approximate surface area is 113 Å². The summed E-state index contributed by atoms with van der Waals surface area (Å²) in [6.45, 7) is 8.55. The molecule has 1 aliphatic carbocycles. The molecule has 0 aliphatic heterocycles. The predicted octanol–water partition coefficient (Wildman–Crippen LogP) is 2.78. The van der Waals surface area contributed by atoms with Gasteiger partial charge in [-0.1, -0.05) is 46.0 Å². The van der Waals surface area contributed by atoms with Gasteiger partial charge in [-0.15, -0.1) is 0 Å². The Morgan fingerprint density at radius 3 is 2.44 bits per heavy atom. The smallest absolute Gasteiger partial charge is 0.0956 e. The molecule has 1 aliphatic rings. The minimum atomic E-state index is 0.0589. The van der Waals surface area contributed by atoms with E-state index in [1.165, 1.54) is 32.1 Å². The molecule has 104 valence electrons. The van der Waals surface area contributed by atoms with Gasteiger partial charge in [-0.25, -0.2) is 0 Å². The maximum atomic E-state index is 9.21. The minimum Gasteiger partial charge on any atom is -0.303 e. The molecule has 1 rings (SSSR count). The topological polar surface area (TPSA) is 39.1 Å². The minimum absolute atomic E-state index is 0.0589. The van der Waals surface area contributed by atoms with E-state index in [0.717, 1.165) is 38.5 Å². The Morgan fingerprint density at radius 1 is 1.22 bits per heavy atom. The predicted molar refractivity (Wildman–Crippen MR) is 76.4 cm³/mol. The van der Waals surface area contributed by atoms with Crippen molar-refractivity contribution in [3.63, 3.8) is 0 Å². The summed E-state index contributed by atoms with van der Waals surface area (Å²) in [5.74, 6) is 0.782. The first-order valence-corrected chi connectivity index (χ1v) is 7.65. The average Bonchev–Trinajstić information content (AvgIpc) is 2.43. The van der Waals surface area contributed by atoms with Crippen molar-refractivity contribution in [2.45, 2.75) is 58.4 Å². The molecule has 0 spiro atoms. The molecule has 0 aromatic heterocycles. The zero-order valence-electron chi connectivity index (χ0n) is 12.1. The monoisotopic (exact) mass is 251 g/mol. The summed E-state index contributed by atoms with van der Waals surface area (Å²) in [6.07, 6.45) is 7.83. The van der Waals surface area contributed by atoms with E-state index in [9.17, 15) is 5.26 Å². The average molecular weight is 251 g/mol. The highest BCUT2D eigenvalue weighted by molar-refractivity contribution is 4.91. The molecular weight excluding hydrogens is 222 g/mol. The van der Waals surface area contributed by atoms with Gasteiger partial charge in [-0.2, -0.15) is 5.26 Å². The highest BCUT2D eigenvalue weighted by Gasteiger charge is 2.18. The molecule has 0 saturated heterocycles. The third-order valence-corrected chi connectivity index (χ3v) is 4.16. The Balaban J connectivity index is 2.18. The van der Waals surface area contributed by atoms with Gasteiger partial charge in [-0.05, 0) is 25.4 Å². The third-order valence-electron chi connectivity index (χ3n) is 4.16. The maximum absolute atomic E-state index is 9.21. The van der Waals surface area contributed by atoms with Crippen molar-refractivity contribution in [2.75, 3.05) is 26.2 Å². The van der Waals surface area contributed by atoms with Crippen LogP contribution in [0.5, 0.6) is 0 Å². The second-order valence-electron chi connectivity index (χ2n) is 5.40. The van der Waals surface area contributed by atoms with Crippen LogP contribution in [0.2, 0.25) is 0 Å². The quantitative estimate of drug-likeness (QED) is 0.721. The van der Waals surface area contributed by atoms with Gasteiger partial charge in [0, 0.05) is 13.1 Å². The zero-order valence-corrected chi connectivity index (χ0v) is 12.1. The molecule has 0 aromatic carbocycles. The highest BCUT2D eigenvalue weighted by atomic mass is 15.1. The van der Waals surface area contributed by atoms with E-state index < -0.39 is 0 Å². The fourth-order valence-corrected chi connectivity index (χ4v) is 2.87. The first-order valence-electron chi connectivity index (χ1n) is 7.65. The number of nitriles is 1. The lowest BCUT2D eigenvalue weighted by atomic mass is 9.85. The summed E-state index contributed by atoms with van der Waals surface area (Å²) < 4.78 is 0. The number of nitrogens with one attached hydrogen (secondary N) is 1. The maximum Gasteiger partial charge on any atom is 0.0956 e. The summed E-state index contributed by atoms with van der Waals surface area (Å²) in [7, 11) is 0. The molecule has 3 heteroatoms. The Morgan fingerprint density at radius 2 is 1.89 bits per heavy atom. The molecule has 0 amide bonds. The van der Waals surface area contributed by atoms with E-state index in [-0.39, 0.29) is 6.04 Å². The first-order chi connectivity index (χ1) is 8.80. The summed E-state index contributed by atoms with van der Waals surface area (Å²) >= 11 is 0. The van der Waals surface area contributed by atoms with Crippen LogP contribution in [0.3, 0.4) is 0 Å². The molecule has 0 heterocycles. The lowest BCUT2D eigenvalue weighted by Gasteiger charge is -2.25. The van der Waals surface area contributed by atoms with E-state index in [1.54, 1.807) is 0 Å². The van der Waals surface area contributed by atoms with E-state index in [2.05, 4.69) is 30.1 Å². The van der Waals surface area contributed by atoms with Crippen LogP contribution in [0.25, 0.3) is 0 Å². The molecule has 1 fully saturated rings. The van der Waals surface area contributed by atoms with E-state index in [1.807, 2.05) is 0 Å². The standard InChI is InChI=1S/C15H29N3/c1-3-18(4-2)11-10-17-15(13-16)12-14-8-6-5-7-9-14/h14-15,17H,3-12H2,1-2H3. The van der Waals surface area contributed by atoms with Gasteiger partial charge >= 0.3 is 0 Å². The normalized spacial score (nSPS) is 18.8. The van der Waals surface area contributed by atoms with Crippen molar-refractivity contribution in [3.8, 4) is 6.07 Å².